The van der Waals surface area contributed by atoms with E-state index < -0.39 is 0 Å². The van der Waals surface area contributed by atoms with E-state index >= 15 is 0 Å². The fraction of sp³-hybridized carbons (Fsp3) is 0.292. The Hall–Kier alpha value is -3.59. The number of carbonyl (C=O) groups excluding carboxylic acids is 1. The van der Waals surface area contributed by atoms with Gasteiger partial charge in [0.05, 0.1) is 32.0 Å². The average Bonchev–Trinajstić information content (AvgIpc) is 3.44. The lowest BCUT2D eigenvalue weighted by atomic mass is 9.97. The topological polar surface area (TPSA) is 81.0 Å². The van der Waals surface area contributed by atoms with Gasteiger partial charge < -0.3 is 19.7 Å². The van der Waals surface area contributed by atoms with Gasteiger partial charge in [-0.3, -0.25) is 4.79 Å². The van der Waals surface area contributed by atoms with Crippen LogP contribution in [0.3, 0.4) is 0 Å². The summed E-state index contributed by atoms with van der Waals surface area (Å²) < 4.78 is 12.3. The summed E-state index contributed by atoms with van der Waals surface area (Å²) in [6.07, 6.45) is 3.74. The minimum Gasteiger partial charge on any atom is -0.497 e. The van der Waals surface area contributed by atoms with E-state index in [4.69, 9.17) is 19.6 Å². The molecule has 3 heterocycles. The molecule has 1 atom stereocenters. The summed E-state index contributed by atoms with van der Waals surface area (Å²) in [7, 11) is 3.27. The molecule has 0 spiro atoms. The van der Waals surface area contributed by atoms with E-state index in [1.165, 1.54) is 0 Å². The molecule has 1 saturated heterocycles. The fourth-order valence-corrected chi connectivity index (χ4v) is 4.95. The molecular weight excluding hydrogens is 438 g/mol. The lowest BCUT2D eigenvalue weighted by molar-refractivity contribution is -0.120. The maximum atomic E-state index is 12.9. The third-order valence-corrected chi connectivity index (χ3v) is 6.80. The molecular formula is C24H25N5O3S. The molecule has 0 radical (unpaired) electrons. The van der Waals surface area contributed by atoms with Gasteiger partial charge >= 0.3 is 0 Å². The standard InChI is InChI=1S/C24H25N5O3S/c1-31-19-10-8-16(9-11-19)21-15-29-23(26-21)33-24(27-29)28-12-4-5-17(14-28)22(30)25-18-6-3-7-20(13-18)32-2/h3,6-11,13,15,17H,4-5,12,14H2,1-2H3,(H,25,30)/t17-/m0/s1. The Kier molecular flexibility index (Phi) is 5.87. The van der Waals surface area contributed by atoms with Crippen LogP contribution in [0.15, 0.2) is 54.7 Å². The molecule has 5 rings (SSSR count). The van der Waals surface area contributed by atoms with Crippen LogP contribution >= 0.6 is 11.3 Å². The monoisotopic (exact) mass is 463 g/mol. The first-order valence-corrected chi connectivity index (χ1v) is 11.6. The SMILES string of the molecule is COc1ccc(-c2cn3nc(N4CCC[C@H](C(=O)Nc5cccc(OC)c5)C4)sc3n2)cc1. The molecule has 1 fully saturated rings. The fourth-order valence-electron chi connectivity index (χ4n) is 4.03. The number of nitrogens with one attached hydrogen (secondary N) is 1. The summed E-state index contributed by atoms with van der Waals surface area (Å²) in [6.45, 7) is 1.52. The van der Waals surface area contributed by atoms with Crippen molar-refractivity contribution in [3.05, 3.63) is 54.7 Å². The predicted octanol–water partition coefficient (Wildman–Crippen LogP) is 4.33. The van der Waals surface area contributed by atoms with E-state index in [1.807, 2.05) is 59.2 Å². The van der Waals surface area contributed by atoms with E-state index in [-0.39, 0.29) is 11.8 Å². The summed E-state index contributed by atoms with van der Waals surface area (Å²) in [6, 6.07) is 15.2. The van der Waals surface area contributed by atoms with Gasteiger partial charge in [-0.25, -0.2) is 9.50 Å². The highest BCUT2D eigenvalue weighted by atomic mass is 32.1. The number of imidazole rings is 1. The van der Waals surface area contributed by atoms with Gasteiger partial charge in [0.15, 0.2) is 0 Å². The van der Waals surface area contributed by atoms with E-state index in [0.717, 1.165) is 57.9 Å². The van der Waals surface area contributed by atoms with Gasteiger partial charge in [0.25, 0.3) is 0 Å². The molecule has 1 N–H and O–H groups in total. The van der Waals surface area contributed by atoms with E-state index in [2.05, 4.69) is 10.2 Å². The van der Waals surface area contributed by atoms with Crippen LogP contribution in [0.4, 0.5) is 10.8 Å². The Bertz CT molecular complexity index is 1240. The molecule has 2 aromatic heterocycles. The van der Waals surface area contributed by atoms with Crippen molar-refractivity contribution in [1.82, 2.24) is 14.6 Å². The lowest BCUT2D eigenvalue weighted by Gasteiger charge is -2.31. The number of hydrogen-bond donors (Lipinski definition) is 1. The van der Waals surface area contributed by atoms with Crippen molar-refractivity contribution in [2.75, 3.05) is 37.5 Å². The number of hydrogen-bond acceptors (Lipinski definition) is 7. The number of nitrogens with zero attached hydrogens (tertiary/aromatic N) is 4. The first kappa shape index (κ1) is 21.3. The molecule has 170 valence electrons. The van der Waals surface area contributed by atoms with Gasteiger partial charge in [-0.1, -0.05) is 17.4 Å². The Morgan fingerprint density at radius 2 is 1.94 bits per heavy atom. The summed E-state index contributed by atoms with van der Waals surface area (Å²) in [5.74, 6) is 1.46. The number of methoxy groups -OCH3 is 2. The molecule has 2 aromatic carbocycles. The quantitative estimate of drug-likeness (QED) is 0.458. The van der Waals surface area contributed by atoms with Crippen LogP contribution in [0.2, 0.25) is 0 Å². The summed E-state index contributed by atoms with van der Waals surface area (Å²) >= 11 is 1.54. The zero-order valence-corrected chi connectivity index (χ0v) is 19.3. The molecule has 1 amide bonds. The predicted molar refractivity (Wildman–Crippen MR) is 129 cm³/mol. The molecule has 33 heavy (non-hydrogen) atoms. The Morgan fingerprint density at radius 3 is 2.70 bits per heavy atom. The number of anilines is 2. The molecule has 4 aromatic rings. The molecule has 0 unspecified atom stereocenters. The number of piperidine rings is 1. The van der Waals surface area contributed by atoms with Crippen LogP contribution in [0.1, 0.15) is 12.8 Å². The second kappa shape index (κ2) is 9.11. The van der Waals surface area contributed by atoms with E-state index in [0.29, 0.717) is 6.54 Å². The largest absolute Gasteiger partial charge is 0.497 e. The number of aromatic nitrogens is 3. The van der Waals surface area contributed by atoms with Gasteiger partial charge in [0.2, 0.25) is 16.0 Å². The maximum Gasteiger partial charge on any atom is 0.229 e. The van der Waals surface area contributed by atoms with Crippen molar-refractivity contribution in [2.24, 2.45) is 5.92 Å². The molecule has 8 nitrogen and oxygen atoms in total. The van der Waals surface area contributed by atoms with Crippen molar-refractivity contribution < 1.29 is 14.3 Å². The van der Waals surface area contributed by atoms with Crippen LogP contribution in [-0.2, 0) is 4.79 Å². The normalized spacial score (nSPS) is 16.1. The highest BCUT2D eigenvalue weighted by molar-refractivity contribution is 7.20. The summed E-state index contributed by atoms with van der Waals surface area (Å²) in [5, 5.41) is 8.65. The van der Waals surface area contributed by atoms with Crippen LogP contribution in [0.5, 0.6) is 11.5 Å². The van der Waals surface area contributed by atoms with Gasteiger partial charge in [-0.15, -0.1) is 5.10 Å². The summed E-state index contributed by atoms with van der Waals surface area (Å²) in [4.78, 5) is 20.7. The van der Waals surface area contributed by atoms with Crippen molar-refractivity contribution in [2.45, 2.75) is 12.8 Å². The number of amides is 1. The van der Waals surface area contributed by atoms with E-state index in [1.54, 1.807) is 25.6 Å². The third kappa shape index (κ3) is 4.49. The molecule has 1 aliphatic heterocycles. The van der Waals surface area contributed by atoms with Crippen molar-refractivity contribution in [1.29, 1.82) is 0 Å². The number of ether oxygens (including phenoxy) is 2. The Morgan fingerprint density at radius 1 is 1.12 bits per heavy atom. The number of carbonyl (C=O) groups is 1. The number of benzene rings is 2. The van der Waals surface area contributed by atoms with Crippen LogP contribution < -0.4 is 19.7 Å². The van der Waals surface area contributed by atoms with Gasteiger partial charge in [0, 0.05) is 30.4 Å². The van der Waals surface area contributed by atoms with Gasteiger partial charge in [0.1, 0.15) is 11.5 Å². The second-order valence-electron chi connectivity index (χ2n) is 7.97. The molecule has 9 heteroatoms. The second-order valence-corrected chi connectivity index (χ2v) is 8.91. The van der Waals surface area contributed by atoms with Crippen LogP contribution in [0, 0.1) is 5.92 Å². The maximum absolute atomic E-state index is 12.9. The van der Waals surface area contributed by atoms with Crippen molar-refractivity contribution in [3.8, 4) is 22.8 Å². The molecule has 1 aliphatic rings. The summed E-state index contributed by atoms with van der Waals surface area (Å²) in [5.41, 5.74) is 2.63. The smallest absolute Gasteiger partial charge is 0.229 e. The van der Waals surface area contributed by atoms with Crippen LogP contribution in [0.25, 0.3) is 16.2 Å². The third-order valence-electron chi connectivity index (χ3n) is 5.82. The molecule has 0 saturated carbocycles. The lowest BCUT2D eigenvalue weighted by Crippen LogP contribution is -2.40. The number of fused-ring (bicyclic) bond motifs is 1. The highest BCUT2D eigenvalue weighted by Gasteiger charge is 2.28. The average molecular weight is 464 g/mol. The van der Waals surface area contributed by atoms with Crippen molar-refractivity contribution in [3.63, 3.8) is 0 Å². The first-order valence-electron chi connectivity index (χ1n) is 10.8. The van der Waals surface area contributed by atoms with Crippen molar-refractivity contribution >= 4 is 33.0 Å². The van der Waals surface area contributed by atoms with E-state index in [9.17, 15) is 4.79 Å². The first-order chi connectivity index (χ1) is 16.1. The zero-order chi connectivity index (χ0) is 22.8. The van der Waals surface area contributed by atoms with Gasteiger partial charge in [-0.2, -0.15) is 0 Å². The molecule has 0 bridgehead atoms. The van der Waals surface area contributed by atoms with Crippen LogP contribution in [-0.4, -0.2) is 47.8 Å². The minimum atomic E-state index is -0.101. The Balaban J connectivity index is 1.28. The number of rotatable bonds is 6. The zero-order valence-electron chi connectivity index (χ0n) is 18.5. The van der Waals surface area contributed by atoms with Gasteiger partial charge in [-0.05, 0) is 49.2 Å². The minimum absolute atomic E-state index is 0.0241. The highest BCUT2D eigenvalue weighted by Crippen LogP contribution is 2.30. The Labute approximate surface area is 195 Å². The molecule has 0 aliphatic carbocycles.